The molecule has 8 nitrogen and oxygen atoms in total. The molecule has 1 aromatic heterocycles. The van der Waals surface area contributed by atoms with Crippen LogP contribution in [0.5, 0.6) is 5.75 Å². The van der Waals surface area contributed by atoms with Crippen molar-refractivity contribution < 1.29 is 19.4 Å². The predicted octanol–water partition coefficient (Wildman–Crippen LogP) is 3.56. The minimum Gasteiger partial charge on any atom is -0.506 e. The average Bonchev–Trinajstić information content (AvgIpc) is 2.87. The highest BCUT2D eigenvalue weighted by Crippen LogP contribution is 2.28. The number of H-pyrrole nitrogens is 1. The summed E-state index contributed by atoms with van der Waals surface area (Å²) in [4.78, 5) is 26.4. The Labute approximate surface area is 206 Å². The fourth-order valence-electron chi connectivity index (χ4n) is 3.90. The third-order valence-electron chi connectivity index (χ3n) is 5.75. The summed E-state index contributed by atoms with van der Waals surface area (Å²) < 4.78 is 13.0. The van der Waals surface area contributed by atoms with E-state index in [2.05, 4.69) is 20.9 Å². The number of amides is 2. The lowest BCUT2D eigenvalue weighted by Gasteiger charge is -2.15. The number of hydrogen-bond donors (Lipinski definition) is 6. The highest BCUT2D eigenvalue weighted by atomic mass is 19.1. The number of urea groups is 1. The second-order valence-electron chi connectivity index (χ2n) is 8.39. The first-order valence-electron chi connectivity index (χ1n) is 11.5. The van der Waals surface area contributed by atoms with Gasteiger partial charge in [-0.2, -0.15) is 0 Å². The summed E-state index contributed by atoms with van der Waals surface area (Å²) in [6.07, 6.45) is -0.167. The van der Waals surface area contributed by atoms with Crippen LogP contribution in [0.3, 0.4) is 0 Å². The van der Waals surface area contributed by atoms with Gasteiger partial charge in [-0.25, -0.2) is 9.18 Å². The van der Waals surface area contributed by atoms with Crippen molar-refractivity contribution in [3.63, 3.8) is 0 Å². The van der Waals surface area contributed by atoms with Crippen LogP contribution in [0.2, 0.25) is 0 Å². The van der Waals surface area contributed by atoms with Gasteiger partial charge in [0.1, 0.15) is 11.6 Å². The number of pyridine rings is 1. The van der Waals surface area contributed by atoms with Crippen molar-refractivity contribution in [1.82, 2.24) is 15.6 Å². The molecular formula is C27H27FN4O4. The number of rotatable bonds is 9. The van der Waals surface area contributed by atoms with Crippen LogP contribution in [0, 0.1) is 5.82 Å². The molecule has 6 N–H and O–H groups in total. The Bertz CT molecular complexity index is 1410. The van der Waals surface area contributed by atoms with Crippen LogP contribution in [0.1, 0.15) is 22.8 Å². The molecule has 0 saturated carbocycles. The molecule has 1 heterocycles. The molecule has 9 heteroatoms. The van der Waals surface area contributed by atoms with Crippen LogP contribution in [-0.4, -0.2) is 34.3 Å². The summed E-state index contributed by atoms with van der Waals surface area (Å²) >= 11 is 0. The molecule has 4 aromatic rings. The van der Waals surface area contributed by atoms with E-state index in [0.717, 1.165) is 11.1 Å². The second-order valence-corrected chi connectivity index (χ2v) is 8.39. The number of aromatic amines is 1. The normalized spacial score (nSPS) is 11.8. The fourth-order valence-corrected chi connectivity index (χ4v) is 3.90. The first kappa shape index (κ1) is 24.9. The van der Waals surface area contributed by atoms with Crippen molar-refractivity contribution in [1.29, 1.82) is 0 Å². The predicted molar refractivity (Wildman–Crippen MR) is 136 cm³/mol. The second kappa shape index (κ2) is 11.5. The maximum Gasteiger partial charge on any atom is 0.319 e. The number of fused-ring (bicyclic) bond motifs is 1. The van der Waals surface area contributed by atoms with Crippen LogP contribution in [-0.2, 0) is 13.0 Å². The topological polar surface area (TPSA) is 126 Å². The van der Waals surface area contributed by atoms with E-state index in [1.807, 2.05) is 18.2 Å². The summed E-state index contributed by atoms with van der Waals surface area (Å²) in [6.45, 7) is 1.15. The van der Waals surface area contributed by atoms with Crippen molar-refractivity contribution in [2.24, 2.45) is 0 Å². The smallest absolute Gasteiger partial charge is 0.319 e. The highest BCUT2D eigenvalue weighted by molar-refractivity contribution is 5.89. The van der Waals surface area contributed by atoms with Gasteiger partial charge in [0.2, 0.25) is 5.56 Å². The van der Waals surface area contributed by atoms with Gasteiger partial charge in [0.25, 0.3) is 0 Å². The molecule has 0 fully saturated rings. The van der Waals surface area contributed by atoms with Crippen LogP contribution >= 0.6 is 0 Å². The number of aromatic hydroxyl groups is 1. The summed E-state index contributed by atoms with van der Waals surface area (Å²) in [5.41, 5.74) is 3.01. The lowest BCUT2D eigenvalue weighted by atomic mass is 10.0. The maximum absolute atomic E-state index is 13.0. The summed E-state index contributed by atoms with van der Waals surface area (Å²) in [5.74, 6) is -0.375. The van der Waals surface area contributed by atoms with E-state index in [0.29, 0.717) is 35.1 Å². The van der Waals surface area contributed by atoms with Crippen LogP contribution in [0.4, 0.5) is 14.9 Å². The molecule has 0 radical (unpaired) electrons. The Hall–Kier alpha value is -4.21. The number of phenols is 1. The number of halogens is 1. The Kier molecular flexibility index (Phi) is 7.94. The number of carbonyl (C=O) groups excluding carboxylic acids is 1. The van der Waals surface area contributed by atoms with Gasteiger partial charge in [0.05, 0.1) is 11.6 Å². The van der Waals surface area contributed by atoms with Gasteiger partial charge < -0.3 is 31.1 Å². The summed E-state index contributed by atoms with van der Waals surface area (Å²) in [5, 5.41) is 30.0. The van der Waals surface area contributed by atoms with Gasteiger partial charge >= 0.3 is 6.03 Å². The van der Waals surface area contributed by atoms with Crippen LogP contribution in [0.15, 0.2) is 77.6 Å². The van der Waals surface area contributed by atoms with E-state index in [9.17, 15) is 24.2 Å². The third kappa shape index (κ3) is 6.47. The largest absolute Gasteiger partial charge is 0.506 e. The monoisotopic (exact) mass is 490 g/mol. The molecule has 0 spiro atoms. The molecule has 0 aliphatic carbocycles. The molecule has 0 saturated heterocycles. The Morgan fingerprint density at radius 3 is 2.61 bits per heavy atom. The molecule has 36 heavy (non-hydrogen) atoms. The lowest BCUT2D eigenvalue weighted by Crippen LogP contribution is -2.28. The van der Waals surface area contributed by atoms with Gasteiger partial charge in [-0.1, -0.05) is 30.3 Å². The fraction of sp³-hybridized carbons (Fsp3) is 0.185. The number of phenolic OH excluding ortho intramolecular Hbond substituents is 1. The van der Waals surface area contributed by atoms with E-state index in [1.54, 1.807) is 30.3 Å². The van der Waals surface area contributed by atoms with Crippen LogP contribution in [0.25, 0.3) is 10.9 Å². The number of nitrogens with one attached hydrogen (secondary N) is 4. The molecule has 0 unspecified atom stereocenters. The van der Waals surface area contributed by atoms with Crippen LogP contribution < -0.4 is 21.5 Å². The number of benzene rings is 3. The highest BCUT2D eigenvalue weighted by Gasteiger charge is 2.13. The number of aliphatic hydroxyl groups excluding tert-OH is 1. The molecule has 1 atom stereocenters. The van der Waals surface area contributed by atoms with Crippen molar-refractivity contribution in [2.45, 2.75) is 19.1 Å². The zero-order chi connectivity index (χ0) is 25.5. The van der Waals surface area contributed by atoms with Gasteiger partial charge in [0, 0.05) is 30.2 Å². The molecule has 0 aliphatic rings. The van der Waals surface area contributed by atoms with E-state index in [-0.39, 0.29) is 36.2 Å². The van der Waals surface area contributed by atoms with Crippen molar-refractivity contribution in [2.75, 3.05) is 18.4 Å². The van der Waals surface area contributed by atoms with E-state index in [1.165, 1.54) is 24.3 Å². The number of aromatic nitrogens is 1. The number of carbonyl (C=O) groups is 1. The number of hydrogen-bond acceptors (Lipinski definition) is 5. The number of anilines is 1. The molecule has 0 aliphatic heterocycles. The van der Waals surface area contributed by atoms with Gasteiger partial charge in [-0.3, -0.25) is 4.79 Å². The Morgan fingerprint density at radius 1 is 1.00 bits per heavy atom. The van der Waals surface area contributed by atoms with Crippen molar-refractivity contribution >= 4 is 22.6 Å². The summed E-state index contributed by atoms with van der Waals surface area (Å²) in [7, 11) is 0. The molecule has 0 bridgehead atoms. The zero-order valence-electron chi connectivity index (χ0n) is 19.4. The van der Waals surface area contributed by atoms with Gasteiger partial charge in [-0.05, 0) is 66.1 Å². The van der Waals surface area contributed by atoms with Gasteiger partial charge in [0.15, 0.2) is 0 Å². The van der Waals surface area contributed by atoms with E-state index < -0.39 is 6.10 Å². The molecule has 4 rings (SSSR count). The third-order valence-corrected chi connectivity index (χ3v) is 5.75. The maximum atomic E-state index is 13.0. The molecule has 186 valence electrons. The van der Waals surface area contributed by atoms with Crippen molar-refractivity contribution in [3.8, 4) is 5.75 Å². The van der Waals surface area contributed by atoms with E-state index in [4.69, 9.17) is 0 Å². The zero-order valence-corrected chi connectivity index (χ0v) is 19.4. The minimum atomic E-state index is -0.836. The molecule has 2 amide bonds. The first-order chi connectivity index (χ1) is 17.4. The molecular weight excluding hydrogens is 463 g/mol. The Balaban J connectivity index is 1.26. The minimum absolute atomic E-state index is 0.0516. The SMILES string of the molecule is O=C(NCc1ccc(F)cc1)Nc1cccc(CCNC[C@@H](O)c2ccc(O)c3[nH]c(=O)ccc23)c1. The quantitative estimate of drug-likeness (QED) is 0.200. The average molecular weight is 491 g/mol. The first-order valence-corrected chi connectivity index (χ1v) is 11.5. The van der Waals surface area contributed by atoms with Crippen molar-refractivity contribution in [3.05, 3.63) is 106 Å². The standard InChI is InChI=1S/C27H27FN4O4/c28-19-6-4-18(5-7-19)15-30-27(36)31-20-3-1-2-17(14-20)12-13-29-16-24(34)21-8-10-23(33)26-22(21)9-11-25(35)32-26/h1-11,14,24,29,33-34H,12-13,15-16H2,(H,32,35)(H2,30,31,36)/t24-/m1/s1. The number of aliphatic hydroxyl groups is 1. The lowest BCUT2D eigenvalue weighted by molar-refractivity contribution is 0.176. The van der Waals surface area contributed by atoms with E-state index >= 15 is 0 Å². The Morgan fingerprint density at radius 2 is 1.81 bits per heavy atom. The summed E-state index contributed by atoms with van der Waals surface area (Å²) in [6, 6.07) is 19.1. The van der Waals surface area contributed by atoms with Gasteiger partial charge in [-0.15, -0.1) is 0 Å². The molecule has 3 aromatic carbocycles.